The molecule has 54 valence electrons. The van der Waals surface area contributed by atoms with Crippen LogP contribution in [0, 0.1) is 0 Å². The van der Waals surface area contributed by atoms with Gasteiger partial charge in [0.25, 0.3) is 0 Å². The van der Waals surface area contributed by atoms with E-state index in [9.17, 15) is 4.79 Å². The molecule has 0 heterocycles. The van der Waals surface area contributed by atoms with Crippen LogP contribution in [0.1, 0.15) is 0 Å². The van der Waals surface area contributed by atoms with Crippen molar-refractivity contribution < 1.29 is 14.3 Å². The Bertz CT molecular complexity index is 185. The third kappa shape index (κ3) is 6.74. The zero-order chi connectivity index (χ0) is 7.82. The van der Waals surface area contributed by atoms with Crippen molar-refractivity contribution in [2.75, 3.05) is 6.61 Å². The fraction of sp³-hybridized carbons (Fsp3) is 0.250. The van der Waals surface area contributed by atoms with Gasteiger partial charge in [-0.25, -0.2) is 9.23 Å². The van der Waals surface area contributed by atoms with Gasteiger partial charge in [-0.3, -0.25) is 0 Å². The Hall–Kier alpha value is -1.26. The highest BCUT2D eigenvalue weighted by molar-refractivity contribution is 6.10. The van der Waals surface area contributed by atoms with Crippen molar-refractivity contribution in [3.05, 3.63) is 17.7 Å². The number of nitrogens with zero attached hydrogens (tertiary/aromatic N) is 2. The molecule has 0 saturated carbocycles. The minimum absolute atomic E-state index is 0.172. The van der Waals surface area contributed by atoms with Crippen LogP contribution in [-0.4, -0.2) is 27.2 Å². The number of hydrogen-bond acceptors (Lipinski definition) is 2. The highest BCUT2D eigenvalue weighted by Crippen LogP contribution is 1.72. The molecule has 0 bridgehead atoms. The molecule has 0 spiro atoms. The van der Waals surface area contributed by atoms with Crippen LogP contribution in [0.15, 0.2) is 12.2 Å². The summed E-state index contributed by atoms with van der Waals surface area (Å²) in [5.41, 5.74) is 7.87. The summed E-state index contributed by atoms with van der Waals surface area (Å²) in [5, 5.41) is 8.06. The van der Waals surface area contributed by atoms with E-state index >= 15 is 0 Å². The second-order valence-corrected chi connectivity index (χ2v) is 2.07. The Morgan fingerprint density at radius 3 is 3.10 bits per heavy atom. The number of aliphatic carboxylic acids is 1. The summed E-state index contributed by atoms with van der Waals surface area (Å²) >= 11 is 0. The first-order valence-electron chi connectivity index (χ1n) is 2.44. The van der Waals surface area contributed by atoms with Gasteiger partial charge >= 0.3 is 15.5 Å². The van der Waals surface area contributed by atoms with Gasteiger partial charge in [0.15, 0.2) is 0 Å². The first kappa shape index (κ1) is 8.74. The van der Waals surface area contributed by atoms with Crippen molar-refractivity contribution in [3.63, 3.8) is 0 Å². The number of carbonyl (C=O) groups is 1. The molecule has 1 N–H and O–H groups in total. The third-order valence-corrected chi connectivity index (χ3v) is 1.01. The highest BCUT2D eigenvalue weighted by atomic mass is 28.2. The molecule has 0 saturated heterocycles. The average molecular weight is 158 g/mol. The molecule has 0 rings (SSSR count). The van der Waals surface area contributed by atoms with Crippen LogP contribution >= 0.6 is 0 Å². The number of carboxylic acids is 1. The van der Waals surface area contributed by atoms with Crippen LogP contribution < -0.4 is 4.43 Å². The maximum Gasteiger partial charge on any atom is 0.700 e. The summed E-state index contributed by atoms with van der Waals surface area (Å²) < 4.78 is 7.38. The van der Waals surface area contributed by atoms with E-state index in [0.29, 0.717) is 0 Å². The average Bonchev–Trinajstić information content (AvgIpc) is 1.87. The van der Waals surface area contributed by atoms with Gasteiger partial charge in [0.1, 0.15) is 0 Å². The molecular weight excluding hydrogens is 152 g/mol. The van der Waals surface area contributed by atoms with E-state index in [1.807, 2.05) is 0 Å². The molecule has 5 nitrogen and oxygen atoms in total. The zero-order valence-electron chi connectivity index (χ0n) is 5.10. The molecule has 6 heteroatoms. The zero-order valence-corrected chi connectivity index (χ0v) is 6.25. The van der Waals surface area contributed by atoms with E-state index in [-0.39, 0.29) is 6.61 Å². The smallest absolute Gasteiger partial charge is 0.495 e. The Morgan fingerprint density at radius 2 is 2.60 bits per heavy atom. The second kappa shape index (κ2) is 5.87. The second-order valence-electron chi connectivity index (χ2n) is 1.29. The monoisotopic (exact) mass is 158 g/mol. The first-order chi connectivity index (χ1) is 4.77. The summed E-state index contributed by atoms with van der Waals surface area (Å²) in [7, 11) is -0.766. The predicted molar refractivity (Wildman–Crippen MR) is 35.4 cm³/mol. The summed E-state index contributed by atoms with van der Waals surface area (Å²) in [5.74, 6) is -1.01. The van der Waals surface area contributed by atoms with Crippen LogP contribution in [0.25, 0.3) is 5.53 Å². The van der Waals surface area contributed by atoms with Gasteiger partial charge in [-0.2, -0.15) is 0 Å². The van der Waals surface area contributed by atoms with Crippen molar-refractivity contribution in [1.29, 1.82) is 0 Å². The van der Waals surface area contributed by atoms with Crippen molar-refractivity contribution >= 4 is 15.5 Å². The van der Waals surface area contributed by atoms with Crippen molar-refractivity contribution in [1.82, 2.24) is 4.43 Å². The molecule has 0 radical (unpaired) electrons. The van der Waals surface area contributed by atoms with Gasteiger partial charge < -0.3 is 15.1 Å². The van der Waals surface area contributed by atoms with Gasteiger partial charge in [0.2, 0.25) is 0 Å². The fourth-order valence-electron chi connectivity index (χ4n) is 0.281. The summed E-state index contributed by atoms with van der Waals surface area (Å²) in [6.45, 7) is 0.172. The van der Waals surface area contributed by atoms with Gasteiger partial charge in [-0.05, 0) is 6.08 Å². The van der Waals surface area contributed by atoms with Crippen LogP contribution in [0.3, 0.4) is 0 Å². The van der Waals surface area contributed by atoms with E-state index in [2.05, 4.69) is 8.86 Å². The van der Waals surface area contributed by atoms with E-state index in [1.54, 1.807) is 0 Å². The van der Waals surface area contributed by atoms with Crippen LogP contribution in [0.5, 0.6) is 0 Å². The fourth-order valence-corrected chi connectivity index (χ4v) is 0.545. The molecule has 0 aliphatic carbocycles. The maximum absolute atomic E-state index is 9.82. The third-order valence-electron chi connectivity index (χ3n) is 0.575. The summed E-state index contributed by atoms with van der Waals surface area (Å²) in [6, 6.07) is 0. The van der Waals surface area contributed by atoms with E-state index < -0.39 is 15.5 Å². The lowest BCUT2D eigenvalue weighted by molar-refractivity contribution is -0.131. The van der Waals surface area contributed by atoms with Gasteiger partial charge in [0, 0.05) is 6.08 Å². The molecule has 0 amide bonds. The largest absolute Gasteiger partial charge is 0.700 e. The molecule has 0 fully saturated rings. The SMILES string of the molecule is [N-]=[N+]=[SiH]OCC=CC(=O)O. The summed E-state index contributed by atoms with van der Waals surface area (Å²) in [4.78, 5) is 9.82. The van der Waals surface area contributed by atoms with Crippen molar-refractivity contribution in [3.8, 4) is 0 Å². The molecular formula is C4H6N2O3Si. The molecule has 0 aliphatic rings. The minimum atomic E-state index is -1.01. The van der Waals surface area contributed by atoms with E-state index in [4.69, 9.17) is 10.6 Å². The number of carboxylic acid groups (broad SMARTS) is 1. The molecule has 0 atom stereocenters. The van der Waals surface area contributed by atoms with Crippen molar-refractivity contribution in [2.24, 2.45) is 0 Å². The van der Waals surface area contributed by atoms with Gasteiger partial charge in [0.05, 0.1) is 6.61 Å². The lowest BCUT2D eigenvalue weighted by Gasteiger charge is -1.84. The molecule has 0 aliphatic heterocycles. The molecule has 0 aromatic heterocycles. The van der Waals surface area contributed by atoms with Crippen LogP contribution in [0.4, 0.5) is 0 Å². The topological polar surface area (TPSA) is 82.9 Å². The molecule has 0 unspecified atom stereocenters. The van der Waals surface area contributed by atoms with E-state index in [0.717, 1.165) is 6.08 Å². The minimum Gasteiger partial charge on any atom is -0.495 e. The Kier molecular flexibility index (Phi) is 5.13. The molecule has 10 heavy (non-hydrogen) atoms. The van der Waals surface area contributed by atoms with Crippen LogP contribution in [-0.2, 0) is 9.22 Å². The Morgan fingerprint density at radius 1 is 1.90 bits per heavy atom. The maximum atomic E-state index is 9.82. The highest BCUT2D eigenvalue weighted by Gasteiger charge is 1.85. The quantitative estimate of drug-likeness (QED) is 0.192. The summed E-state index contributed by atoms with van der Waals surface area (Å²) in [6.07, 6.45) is 2.30. The Balaban J connectivity index is 3.35. The Labute approximate surface area is 59.5 Å². The van der Waals surface area contributed by atoms with E-state index in [1.165, 1.54) is 6.08 Å². The van der Waals surface area contributed by atoms with Gasteiger partial charge in [-0.1, -0.05) is 0 Å². The number of hydrogen-bond donors (Lipinski definition) is 1. The molecule has 0 aromatic rings. The lowest BCUT2D eigenvalue weighted by atomic mass is 10.5. The standard InChI is InChI=1S/C4H6N2O3Si/c5-6-10-9-3-1-2-4(7)8/h1-2,10H,3H2,(H,7,8). The molecule has 0 aromatic carbocycles. The van der Waals surface area contributed by atoms with Gasteiger partial charge in [-0.15, -0.1) is 0 Å². The van der Waals surface area contributed by atoms with Crippen molar-refractivity contribution in [2.45, 2.75) is 0 Å². The first-order valence-corrected chi connectivity index (χ1v) is 3.43. The normalized spacial score (nSPS) is 8.80. The van der Waals surface area contributed by atoms with Crippen LogP contribution in [0.2, 0.25) is 0 Å². The predicted octanol–water partition coefficient (Wildman–Crippen LogP) is -0.732. The number of rotatable bonds is 4. The lowest BCUT2D eigenvalue weighted by Crippen LogP contribution is -1.93.